The van der Waals surface area contributed by atoms with Gasteiger partial charge in [0.05, 0.1) is 27.4 Å². The minimum absolute atomic E-state index is 0.187. The molecular weight excluding hydrogens is 356 g/mol. The number of nitrogens with zero attached hydrogens (tertiary/aromatic N) is 4. The van der Waals surface area contributed by atoms with Crippen molar-refractivity contribution in [3.8, 4) is 6.07 Å². The van der Waals surface area contributed by atoms with Gasteiger partial charge in [0.2, 0.25) is 5.91 Å². The lowest BCUT2D eigenvalue weighted by molar-refractivity contribution is -0.131. The molecule has 2 aromatic heterocycles. The standard InChI is InChI=1S/C21H22N4OS/c1-14-11-20(27-13-19(26)24-10-6-5-7-15(24)2)25-18-9-4-3-8-17(18)23-21(25)16(14)12-22/h3-4,8-9,11,15H,5-7,10,13H2,1-2H3/t15-/m0/s1. The SMILES string of the molecule is Cc1cc(SCC(=O)N2CCCC[C@@H]2C)n2c(nc3ccccc32)c1C#N. The van der Waals surface area contributed by atoms with Crippen molar-refractivity contribution in [2.45, 2.75) is 44.2 Å². The second-order valence-electron chi connectivity index (χ2n) is 7.13. The maximum atomic E-state index is 12.8. The van der Waals surface area contributed by atoms with E-state index in [-0.39, 0.29) is 5.91 Å². The van der Waals surface area contributed by atoms with E-state index in [4.69, 9.17) is 0 Å². The van der Waals surface area contributed by atoms with E-state index in [1.165, 1.54) is 18.2 Å². The van der Waals surface area contributed by atoms with E-state index in [1.807, 2.05) is 46.6 Å². The number of aryl methyl sites for hydroxylation is 1. The minimum Gasteiger partial charge on any atom is -0.339 e. The third kappa shape index (κ3) is 3.17. The fourth-order valence-corrected chi connectivity index (χ4v) is 4.86. The van der Waals surface area contributed by atoms with Crippen LogP contribution >= 0.6 is 11.8 Å². The number of likely N-dealkylation sites (tertiary alicyclic amines) is 1. The van der Waals surface area contributed by atoms with Crippen molar-refractivity contribution in [2.75, 3.05) is 12.3 Å². The summed E-state index contributed by atoms with van der Waals surface area (Å²) in [6.07, 6.45) is 3.38. The molecule has 1 aliphatic heterocycles. The van der Waals surface area contributed by atoms with Crippen LogP contribution in [-0.4, -0.2) is 38.5 Å². The summed E-state index contributed by atoms with van der Waals surface area (Å²) in [5.41, 5.74) is 3.97. The van der Waals surface area contributed by atoms with Gasteiger partial charge in [-0.2, -0.15) is 5.26 Å². The van der Waals surface area contributed by atoms with E-state index in [9.17, 15) is 10.1 Å². The van der Waals surface area contributed by atoms with Crippen LogP contribution < -0.4 is 0 Å². The molecule has 0 radical (unpaired) electrons. The van der Waals surface area contributed by atoms with E-state index in [1.54, 1.807) is 0 Å². The van der Waals surface area contributed by atoms with Crippen LogP contribution in [0.4, 0.5) is 0 Å². The Morgan fingerprint density at radius 2 is 2.19 bits per heavy atom. The fourth-order valence-electron chi connectivity index (χ4n) is 3.85. The van der Waals surface area contributed by atoms with Crippen LogP contribution in [-0.2, 0) is 4.79 Å². The van der Waals surface area contributed by atoms with Gasteiger partial charge in [-0.15, -0.1) is 0 Å². The zero-order valence-electron chi connectivity index (χ0n) is 15.6. The first-order valence-electron chi connectivity index (χ1n) is 9.33. The van der Waals surface area contributed by atoms with Gasteiger partial charge in [0.25, 0.3) is 0 Å². The highest BCUT2D eigenvalue weighted by atomic mass is 32.2. The Balaban J connectivity index is 1.71. The molecule has 1 aromatic carbocycles. The molecule has 0 saturated carbocycles. The largest absolute Gasteiger partial charge is 0.339 e. The highest BCUT2D eigenvalue weighted by Crippen LogP contribution is 2.30. The molecule has 1 amide bonds. The van der Waals surface area contributed by atoms with Gasteiger partial charge in [-0.05, 0) is 56.9 Å². The Bertz CT molecular complexity index is 1070. The number of hydrogen-bond donors (Lipinski definition) is 0. The summed E-state index contributed by atoms with van der Waals surface area (Å²) in [5.74, 6) is 0.587. The van der Waals surface area contributed by atoms with Crippen LogP contribution in [0.3, 0.4) is 0 Å². The number of amides is 1. The number of hydrogen-bond acceptors (Lipinski definition) is 4. The molecule has 1 fully saturated rings. The molecule has 3 heterocycles. The average molecular weight is 379 g/mol. The highest BCUT2D eigenvalue weighted by molar-refractivity contribution is 7.99. The molecule has 0 bridgehead atoms. The summed E-state index contributed by atoms with van der Waals surface area (Å²) in [4.78, 5) is 19.4. The predicted octanol–water partition coefficient (Wildman–Crippen LogP) is 4.16. The quantitative estimate of drug-likeness (QED) is 0.642. The molecule has 1 atom stereocenters. The lowest BCUT2D eigenvalue weighted by Gasteiger charge is -2.33. The zero-order chi connectivity index (χ0) is 19.0. The molecule has 1 saturated heterocycles. The van der Waals surface area contributed by atoms with Gasteiger partial charge in [0, 0.05) is 12.6 Å². The Morgan fingerprint density at radius 1 is 1.37 bits per heavy atom. The number of imidazole rings is 1. The topological polar surface area (TPSA) is 61.4 Å². The lowest BCUT2D eigenvalue weighted by Crippen LogP contribution is -2.42. The number of carbonyl (C=O) groups excluding carboxylic acids is 1. The predicted molar refractivity (Wildman–Crippen MR) is 108 cm³/mol. The number of fused-ring (bicyclic) bond motifs is 3. The molecule has 27 heavy (non-hydrogen) atoms. The number of piperidine rings is 1. The minimum atomic E-state index is 0.187. The molecule has 138 valence electrons. The monoisotopic (exact) mass is 378 g/mol. The van der Waals surface area contributed by atoms with Gasteiger partial charge < -0.3 is 4.90 Å². The normalized spacial score (nSPS) is 17.4. The number of benzene rings is 1. The molecule has 1 aliphatic rings. The summed E-state index contributed by atoms with van der Waals surface area (Å²) >= 11 is 1.53. The molecule has 0 unspecified atom stereocenters. The van der Waals surface area contributed by atoms with Crippen LogP contribution in [0.1, 0.15) is 37.3 Å². The smallest absolute Gasteiger partial charge is 0.233 e. The first-order chi connectivity index (χ1) is 13.1. The molecule has 5 nitrogen and oxygen atoms in total. The lowest BCUT2D eigenvalue weighted by atomic mass is 10.0. The maximum absolute atomic E-state index is 12.8. The second kappa shape index (κ2) is 7.24. The van der Waals surface area contributed by atoms with E-state index in [0.29, 0.717) is 23.0 Å². The Labute approximate surface area is 163 Å². The van der Waals surface area contributed by atoms with Crippen molar-refractivity contribution in [3.63, 3.8) is 0 Å². The van der Waals surface area contributed by atoms with Crippen molar-refractivity contribution < 1.29 is 4.79 Å². The van der Waals surface area contributed by atoms with Gasteiger partial charge >= 0.3 is 0 Å². The van der Waals surface area contributed by atoms with Crippen LogP contribution in [0.15, 0.2) is 35.4 Å². The van der Waals surface area contributed by atoms with Crippen molar-refractivity contribution in [2.24, 2.45) is 0 Å². The first-order valence-corrected chi connectivity index (χ1v) is 10.3. The van der Waals surface area contributed by atoms with Crippen LogP contribution in [0.25, 0.3) is 16.7 Å². The van der Waals surface area contributed by atoms with Crippen LogP contribution in [0, 0.1) is 18.3 Å². The third-order valence-corrected chi connectivity index (χ3v) is 6.31. The number of thioether (sulfide) groups is 1. The Kier molecular flexibility index (Phi) is 4.79. The first kappa shape index (κ1) is 17.9. The summed E-state index contributed by atoms with van der Waals surface area (Å²) in [6, 6.07) is 12.5. The highest BCUT2D eigenvalue weighted by Gasteiger charge is 2.24. The summed E-state index contributed by atoms with van der Waals surface area (Å²) in [5, 5.41) is 10.5. The molecule has 6 heteroatoms. The van der Waals surface area contributed by atoms with Crippen LogP contribution in [0.5, 0.6) is 0 Å². The van der Waals surface area contributed by atoms with E-state index in [0.717, 1.165) is 41.0 Å². The van der Waals surface area contributed by atoms with Gasteiger partial charge in [0.15, 0.2) is 5.65 Å². The van der Waals surface area contributed by atoms with Gasteiger partial charge in [-0.1, -0.05) is 23.9 Å². The van der Waals surface area contributed by atoms with Crippen molar-refractivity contribution >= 4 is 34.3 Å². The van der Waals surface area contributed by atoms with Gasteiger partial charge in [-0.25, -0.2) is 4.98 Å². The Morgan fingerprint density at radius 3 is 2.96 bits per heavy atom. The summed E-state index contributed by atoms with van der Waals surface area (Å²) in [6.45, 7) is 4.92. The molecule has 0 N–H and O–H groups in total. The number of rotatable bonds is 3. The average Bonchev–Trinajstić information content (AvgIpc) is 3.05. The zero-order valence-corrected chi connectivity index (χ0v) is 16.4. The van der Waals surface area contributed by atoms with Gasteiger partial charge in [0.1, 0.15) is 6.07 Å². The number of nitriles is 1. The van der Waals surface area contributed by atoms with E-state index < -0.39 is 0 Å². The second-order valence-corrected chi connectivity index (χ2v) is 8.13. The van der Waals surface area contributed by atoms with E-state index in [2.05, 4.69) is 18.0 Å². The van der Waals surface area contributed by atoms with Crippen molar-refractivity contribution in [1.29, 1.82) is 5.26 Å². The maximum Gasteiger partial charge on any atom is 0.233 e. The van der Waals surface area contributed by atoms with E-state index >= 15 is 0 Å². The third-order valence-electron chi connectivity index (χ3n) is 5.32. The van der Waals surface area contributed by atoms with Crippen molar-refractivity contribution in [3.05, 3.63) is 41.5 Å². The molecule has 3 aromatic rings. The fraction of sp³-hybridized carbons (Fsp3) is 0.381. The number of para-hydroxylation sites is 2. The molecular formula is C21H22N4OS. The number of carbonyl (C=O) groups is 1. The summed E-state index contributed by atoms with van der Waals surface area (Å²) in [7, 11) is 0. The number of pyridine rings is 1. The molecule has 4 rings (SSSR count). The van der Waals surface area contributed by atoms with Crippen LogP contribution in [0.2, 0.25) is 0 Å². The number of aromatic nitrogens is 2. The molecule has 0 spiro atoms. The van der Waals surface area contributed by atoms with Gasteiger partial charge in [-0.3, -0.25) is 9.20 Å². The summed E-state index contributed by atoms with van der Waals surface area (Å²) < 4.78 is 2.01. The van der Waals surface area contributed by atoms with Crippen molar-refractivity contribution in [1.82, 2.24) is 14.3 Å². The Hall–Kier alpha value is -2.52. The molecule has 0 aliphatic carbocycles.